The van der Waals surface area contributed by atoms with Gasteiger partial charge in [-0.05, 0) is 31.2 Å². The van der Waals surface area contributed by atoms with Crippen molar-refractivity contribution in [3.8, 4) is 17.4 Å². The molecule has 0 aliphatic carbocycles. The van der Waals surface area contributed by atoms with Crippen molar-refractivity contribution in [2.45, 2.75) is 6.92 Å². The van der Waals surface area contributed by atoms with Crippen LogP contribution in [0.1, 0.15) is 23.0 Å². The summed E-state index contributed by atoms with van der Waals surface area (Å²) in [5.74, 6) is -1.03. The molecule has 23 heavy (non-hydrogen) atoms. The molecule has 0 aliphatic heterocycles. The van der Waals surface area contributed by atoms with Crippen LogP contribution < -0.4 is 0 Å². The highest BCUT2D eigenvalue weighted by Crippen LogP contribution is 2.24. The molecule has 2 rings (SSSR count). The second-order valence-electron chi connectivity index (χ2n) is 4.48. The third kappa shape index (κ3) is 3.86. The van der Waals surface area contributed by atoms with E-state index in [1.807, 2.05) is 0 Å². The summed E-state index contributed by atoms with van der Waals surface area (Å²) in [6.45, 7) is 1.82. The number of hydrogen-bond acceptors (Lipinski definition) is 5. The van der Waals surface area contributed by atoms with Crippen LogP contribution in [0, 0.1) is 11.3 Å². The Kier molecular flexibility index (Phi) is 4.95. The molecule has 6 nitrogen and oxygen atoms in total. The average Bonchev–Trinajstić information content (AvgIpc) is 3.01. The zero-order valence-electron chi connectivity index (χ0n) is 12.3. The molecule has 0 fully saturated rings. The van der Waals surface area contributed by atoms with Gasteiger partial charge in [-0.25, -0.2) is 9.59 Å². The lowest BCUT2D eigenvalue weighted by molar-refractivity contribution is -0.137. The number of rotatable bonds is 5. The summed E-state index contributed by atoms with van der Waals surface area (Å²) in [5.41, 5.74) is 0.548. The number of nitriles is 1. The molecule has 116 valence electrons. The lowest BCUT2D eigenvalue weighted by atomic mass is 10.1. The molecule has 1 N–H and O–H groups in total. The van der Waals surface area contributed by atoms with Gasteiger partial charge in [0.2, 0.25) is 0 Å². The van der Waals surface area contributed by atoms with E-state index < -0.39 is 11.9 Å². The van der Waals surface area contributed by atoms with Crippen molar-refractivity contribution < 1.29 is 23.8 Å². The van der Waals surface area contributed by atoms with E-state index in [0.717, 1.165) is 0 Å². The van der Waals surface area contributed by atoms with Gasteiger partial charge in [0.15, 0.2) is 0 Å². The number of benzene rings is 1. The normalized spacial score (nSPS) is 10.9. The highest BCUT2D eigenvalue weighted by Gasteiger charge is 2.12. The number of carboxylic acid groups (broad SMARTS) is 1. The fraction of sp³-hybridized carbons (Fsp3) is 0.118. The third-order valence-electron chi connectivity index (χ3n) is 2.92. The van der Waals surface area contributed by atoms with Gasteiger partial charge in [0.1, 0.15) is 23.2 Å². The Labute approximate surface area is 132 Å². The molecule has 0 aliphatic rings. The molecule has 0 bridgehead atoms. The second-order valence-corrected chi connectivity index (χ2v) is 4.48. The zero-order chi connectivity index (χ0) is 16.8. The monoisotopic (exact) mass is 311 g/mol. The maximum absolute atomic E-state index is 11.6. The van der Waals surface area contributed by atoms with Crippen LogP contribution in [0.5, 0.6) is 0 Å². The number of nitrogens with zero attached hydrogens (tertiary/aromatic N) is 1. The van der Waals surface area contributed by atoms with Gasteiger partial charge >= 0.3 is 11.9 Å². The third-order valence-corrected chi connectivity index (χ3v) is 2.92. The number of aromatic carboxylic acids is 1. The largest absolute Gasteiger partial charge is 0.478 e. The Hall–Kier alpha value is -3.33. The van der Waals surface area contributed by atoms with E-state index in [-0.39, 0.29) is 17.7 Å². The Morgan fingerprint density at radius 2 is 2.13 bits per heavy atom. The van der Waals surface area contributed by atoms with Crippen molar-refractivity contribution in [3.63, 3.8) is 0 Å². The molecule has 0 saturated heterocycles. The summed E-state index contributed by atoms with van der Waals surface area (Å²) < 4.78 is 10.3. The minimum absolute atomic E-state index is 0.139. The Bertz CT molecular complexity index is 810. The van der Waals surface area contributed by atoms with E-state index in [1.165, 1.54) is 18.2 Å². The predicted molar refractivity (Wildman–Crippen MR) is 81.3 cm³/mol. The smallest absolute Gasteiger partial charge is 0.349 e. The molecule has 6 heteroatoms. The summed E-state index contributed by atoms with van der Waals surface area (Å²) in [4.78, 5) is 22.5. The van der Waals surface area contributed by atoms with Gasteiger partial charge in [-0.15, -0.1) is 0 Å². The second kappa shape index (κ2) is 7.09. The van der Waals surface area contributed by atoms with Gasteiger partial charge in [0.25, 0.3) is 0 Å². The molecule has 0 atom stereocenters. The van der Waals surface area contributed by atoms with Crippen LogP contribution in [0.4, 0.5) is 0 Å². The van der Waals surface area contributed by atoms with Crippen molar-refractivity contribution in [1.29, 1.82) is 5.26 Å². The molecule has 0 saturated carbocycles. The number of esters is 1. The Morgan fingerprint density at radius 3 is 2.78 bits per heavy atom. The van der Waals surface area contributed by atoms with E-state index >= 15 is 0 Å². The van der Waals surface area contributed by atoms with Gasteiger partial charge in [-0.3, -0.25) is 0 Å². The number of carbonyl (C=O) groups excluding carboxylic acids is 1. The summed E-state index contributed by atoms with van der Waals surface area (Å²) in [7, 11) is 0. The minimum atomic E-state index is -1.03. The SMILES string of the molecule is CCOC(=O)/C(C#N)=C\c1ccc(-c2cccc(C(=O)O)c2)o1. The van der Waals surface area contributed by atoms with Crippen molar-refractivity contribution >= 4 is 18.0 Å². The van der Waals surface area contributed by atoms with Gasteiger partial charge in [0, 0.05) is 11.6 Å². The molecule has 1 heterocycles. The van der Waals surface area contributed by atoms with Crippen molar-refractivity contribution in [2.75, 3.05) is 6.61 Å². The summed E-state index contributed by atoms with van der Waals surface area (Å²) in [5, 5.41) is 18.0. The van der Waals surface area contributed by atoms with Gasteiger partial charge in [-0.1, -0.05) is 12.1 Å². The molecule has 0 amide bonds. The Balaban J connectivity index is 2.30. The number of furan rings is 1. The van der Waals surface area contributed by atoms with Crippen LogP contribution in [0.2, 0.25) is 0 Å². The summed E-state index contributed by atoms with van der Waals surface area (Å²) in [6.07, 6.45) is 1.28. The number of ether oxygens (including phenoxy) is 1. The molecule has 0 spiro atoms. The molecular weight excluding hydrogens is 298 g/mol. The quantitative estimate of drug-likeness (QED) is 0.517. The van der Waals surface area contributed by atoms with E-state index in [9.17, 15) is 9.59 Å². The minimum Gasteiger partial charge on any atom is -0.478 e. The number of hydrogen-bond donors (Lipinski definition) is 1. The van der Waals surface area contributed by atoms with Crippen LogP contribution in [0.25, 0.3) is 17.4 Å². The standard InChI is InChI=1S/C17H13NO5/c1-2-22-17(21)13(10-18)9-14-6-7-15(23-14)11-4-3-5-12(8-11)16(19)20/h3-9H,2H2,1H3,(H,19,20)/b13-9-. The molecular formula is C17H13NO5. The molecule has 0 radical (unpaired) electrons. The van der Waals surface area contributed by atoms with Gasteiger partial charge < -0.3 is 14.3 Å². The highest BCUT2D eigenvalue weighted by molar-refractivity contribution is 5.97. The van der Waals surface area contributed by atoms with Crippen molar-refractivity contribution in [2.24, 2.45) is 0 Å². The van der Waals surface area contributed by atoms with Crippen LogP contribution in [-0.4, -0.2) is 23.7 Å². The van der Waals surface area contributed by atoms with E-state index in [1.54, 1.807) is 37.3 Å². The Morgan fingerprint density at radius 1 is 1.35 bits per heavy atom. The molecule has 1 aromatic heterocycles. The zero-order valence-corrected chi connectivity index (χ0v) is 12.3. The van der Waals surface area contributed by atoms with Crippen LogP contribution in [0.15, 0.2) is 46.4 Å². The average molecular weight is 311 g/mol. The topological polar surface area (TPSA) is 101 Å². The van der Waals surface area contributed by atoms with Crippen molar-refractivity contribution in [1.82, 2.24) is 0 Å². The molecule has 2 aromatic rings. The van der Waals surface area contributed by atoms with Crippen LogP contribution >= 0.6 is 0 Å². The lowest BCUT2D eigenvalue weighted by Gasteiger charge is -2.00. The van der Waals surface area contributed by atoms with Gasteiger partial charge in [0.05, 0.1) is 12.2 Å². The maximum atomic E-state index is 11.6. The highest BCUT2D eigenvalue weighted by atomic mass is 16.5. The van der Waals surface area contributed by atoms with E-state index in [2.05, 4.69) is 0 Å². The fourth-order valence-corrected chi connectivity index (χ4v) is 1.88. The first-order valence-corrected chi connectivity index (χ1v) is 6.77. The fourth-order valence-electron chi connectivity index (χ4n) is 1.88. The van der Waals surface area contributed by atoms with E-state index in [4.69, 9.17) is 19.5 Å². The number of carbonyl (C=O) groups is 2. The maximum Gasteiger partial charge on any atom is 0.349 e. The summed E-state index contributed by atoms with van der Waals surface area (Å²) in [6, 6.07) is 11.2. The van der Waals surface area contributed by atoms with Crippen molar-refractivity contribution in [3.05, 3.63) is 53.3 Å². The summed E-state index contributed by atoms with van der Waals surface area (Å²) >= 11 is 0. The lowest BCUT2D eigenvalue weighted by Crippen LogP contribution is -2.05. The molecule has 0 unspecified atom stereocenters. The van der Waals surface area contributed by atoms with Crippen LogP contribution in [0.3, 0.4) is 0 Å². The first kappa shape index (κ1) is 16.0. The first-order chi connectivity index (χ1) is 11.0. The van der Waals surface area contributed by atoms with E-state index in [0.29, 0.717) is 17.1 Å². The van der Waals surface area contributed by atoms with Gasteiger partial charge in [-0.2, -0.15) is 5.26 Å². The predicted octanol–water partition coefficient (Wildman–Crippen LogP) is 3.11. The first-order valence-electron chi connectivity index (χ1n) is 6.77. The van der Waals surface area contributed by atoms with Crippen LogP contribution in [-0.2, 0) is 9.53 Å². The number of carboxylic acids is 1. The molecule has 1 aromatic carbocycles.